The average Bonchev–Trinajstić information content (AvgIpc) is 3.28. The predicted molar refractivity (Wildman–Crippen MR) is 112 cm³/mol. The number of amides is 2. The number of ether oxygens (including phenoxy) is 2. The van der Waals surface area contributed by atoms with Crippen LogP contribution in [0, 0.1) is 19.8 Å². The second kappa shape index (κ2) is 8.35. The van der Waals surface area contributed by atoms with Crippen LogP contribution < -0.4 is 20.1 Å². The zero-order valence-electron chi connectivity index (χ0n) is 17.5. The van der Waals surface area contributed by atoms with Gasteiger partial charge in [0, 0.05) is 24.7 Å². The number of hydrogen-bond donors (Lipinski definition) is 2. The number of hydrogen-bond acceptors (Lipinski definition) is 6. The van der Waals surface area contributed by atoms with Crippen LogP contribution in [0.2, 0.25) is 0 Å². The van der Waals surface area contributed by atoms with Gasteiger partial charge in [0.2, 0.25) is 18.6 Å². The molecule has 160 valence electrons. The number of nitrogens with zero attached hydrogens (tertiary/aromatic N) is 3. The van der Waals surface area contributed by atoms with Crippen LogP contribution in [0.1, 0.15) is 24.2 Å². The Balaban J connectivity index is 1.25. The summed E-state index contributed by atoms with van der Waals surface area (Å²) in [6.45, 7) is 5.74. The maximum absolute atomic E-state index is 12.6. The summed E-state index contributed by atoms with van der Waals surface area (Å²) in [5.74, 6) is 1.21. The van der Waals surface area contributed by atoms with Crippen LogP contribution in [0.5, 0.6) is 11.5 Å². The SMILES string of the molecule is Cc1nn(C)c(C)c1NC(=O)CN1CCC(C(=O)Nc2ccc3c(c2)OCO3)CC1. The largest absolute Gasteiger partial charge is 0.454 e. The van der Waals surface area contributed by atoms with Crippen LogP contribution in [-0.4, -0.2) is 52.9 Å². The molecule has 0 atom stereocenters. The fraction of sp³-hybridized carbons (Fsp3) is 0.476. The van der Waals surface area contributed by atoms with Gasteiger partial charge in [0.1, 0.15) is 0 Å². The monoisotopic (exact) mass is 413 g/mol. The molecule has 1 fully saturated rings. The van der Waals surface area contributed by atoms with E-state index in [1.54, 1.807) is 16.8 Å². The molecule has 0 spiro atoms. The molecule has 2 aliphatic heterocycles. The molecule has 0 saturated carbocycles. The molecule has 2 amide bonds. The van der Waals surface area contributed by atoms with Crippen molar-refractivity contribution in [2.75, 3.05) is 37.1 Å². The smallest absolute Gasteiger partial charge is 0.238 e. The molecule has 0 radical (unpaired) electrons. The maximum Gasteiger partial charge on any atom is 0.238 e. The van der Waals surface area contributed by atoms with Gasteiger partial charge in [-0.05, 0) is 51.9 Å². The molecule has 1 saturated heterocycles. The molecule has 0 aliphatic carbocycles. The first-order valence-corrected chi connectivity index (χ1v) is 10.1. The first-order chi connectivity index (χ1) is 14.4. The molecule has 0 unspecified atom stereocenters. The lowest BCUT2D eigenvalue weighted by atomic mass is 9.95. The van der Waals surface area contributed by atoms with Gasteiger partial charge in [0.25, 0.3) is 0 Å². The highest BCUT2D eigenvalue weighted by Crippen LogP contribution is 2.34. The number of aromatic nitrogens is 2. The number of carbonyl (C=O) groups is 2. The van der Waals surface area contributed by atoms with E-state index in [9.17, 15) is 9.59 Å². The van der Waals surface area contributed by atoms with Crippen LogP contribution in [0.25, 0.3) is 0 Å². The third-order valence-electron chi connectivity index (χ3n) is 5.74. The second-order valence-electron chi connectivity index (χ2n) is 7.83. The van der Waals surface area contributed by atoms with Gasteiger partial charge in [0.05, 0.1) is 23.6 Å². The van der Waals surface area contributed by atoms with Gasteiger partial charge >= 0.3 is 0 Å². The number of benzene rings is 1. The number of nitrogens with one attached hydrogen (secondary N) is 2. The van der Waals surface area contributed by atoms with E-state index in [0.717, 1.165) is 17.1 Å². The van der Waals surface area contributed by atoms with E-state index in [2.05, 4.69) is 20.6 Å². The zero-order chi connectivity index (χ0) is 21.3. The van der Waals surface area contributed by atoms with E-state index in [1.807, 2.05) is 27.0 Å². The molecule has 0 bridgehead atoms. The summed E-state index contributed by atoms with van der Waals surface area (Å²) in [7, 11) is 1.86. The second-order valence-corrected chi connectivity index (χ2v) is 7.83. The van der Waals surface area contributed by atoms with E-state index in [1.165, 1.54) is 0 Å². The maximum atomic E-state index is 12.6. The van der Waals surface area contributed by atoms with E-state index in [-0.39, 0.29) is 24.5 Å². The van der Waals surface area contributed by atoms with E-state index < -0.39 is 0 Å². The van der Waals surface area contributed by atoms with Gasteiger partial charge in [-0.1, -0.05) is 0 Å². The molecule has 30 heavy (non-hydrogen) atoms. The normalized spacial score (nSPS) is 16.5. The summed E-state index contributed by atoms with van der Waals surface area (Å²) in [6.07, 6.45) is 1.43. The van der Waals surface area contributed by atoms with Gasteiger partial charge in [-0.25, -0.2) is 0 Å². The van der Waals surface area contributed by atoms with Crippen molar-refractivity contribution in [3.8, 4) is 11.5 Å². The minimum atomic E-state index is -0.0717. The third kappa shape index (κ3) is 4.25. The fourth-order valence-electron chi connectivity index (χ4n) is 3.91. The predicted octanol–water partition coefficient (Wildman–Crippen LogP) is 2.05. The van der Waals surface area contributed by atoms with Gasteiger partial charge in [-0.3, -0.25) is 19.2 Å². The lowest BCUT2D eigenvalue weighted by Gasteiger charge is -2.30. The molecule has 9 nitrogen and oxygen atoms in total. The minimum Gasteiger partial charge on any atom is -0.454 e. The Morgan fingerprint density at radius 2 is 1.87 bits per heavy atom. The highest BCUT2D eigenvalue weighted by molar-refractivity contribution is 5.94. The van der Waals surface area contributed by atoms with E-state index in [4.69, 9.17) is 9.47 Å². The molecule has 4 rings (SSSR count). The van der Waals surface area contributed by atoms with Crippen LogP contribution in [-0.2, 0) is 16.6 Å². The van der Waals surface area contributed by atoms with Gasteiger partial charge in [0.15, 0.2) is 11.5 Å². The standard InChI is InChI=1S/C21H27N5O4/c1-13-20(14(2)25(3)24-13)23-19(27)11-26-8-6-15(7-9-26)21(28)22-16-4-5-17-18(10-16)30-12-29-17/h4-5,10,15H,6-9,11-12H2,1-3H3,(H,22,28)(H,23,27). The number of likely N-dealkylation sites (tertiary alicyclic amines) is 1. The number of carbonyl (C=O) groups excluding carboxylic acids is 2. The fourth-order valence-corrected chi connectivity index (χ4v) is 3.91. The van der Waals surface area contributed by atoms with E-state index in [0.29, 0.717) is 49.7 Å². The topological polar surface area (TPSA) is 97.7 Å². The number of anilines is 2. The Labute approximate surface area is 175 Å². The van der Waals surface area contributed by atoms with Crippen LogP contribution in [0.3, 0.4) is 0 Å². The summed E-state index contributed by atoms with van der Waals surface area (Å²) in [6, 6.07) is 5.39. The number of rotatable bonds is 5. The van der Waals surface area contributed by atoms with Gasteiger partial charge in [-0.2, -0.15) is 5.10 Å². The quantitative estimate of drug-likeness (QED) is 0.779. The highest BCUT2D eigenvalue weighted by atomic mass is 16.7. The first-order valence-electron chi connectivity index (χ1n) is 10.1. The van der Waals surface area contributed by atoms with Crippen molar-refractivity contribution in [1.82, 2.24) is 14.7 Å². The van der Waals surface area contributed by atoms with Crippen molar-refractivity contribution in [3.63, 3.8) is 0 Å². The van der Waals surface area contributed by atoms with Crippen LogP contribution >= 0.6 is 0 Å². The van der Waals surface area contributed by atoms with Crippen LogP contribution in [0.15, 0.2) is 18.2 Å². The Hall–Kier alpha value is -3.07. The Kier molecular flexibility index (Phi) is 5.63. The highest BCUT2D eigenvalue weighted by Gasteiger charge is 2.27. The number of piperidine rings is 1. The lowest BCUT2D eigenvalue weighted by Crippen LogP contribution is -2.41. The first kappa shape index (κ1) is 20.2. The van der Waals surface area contributed by atoms with Gasteiger partial charge in [-0.15, -0.1) is 0 Å². The van der Waals surface area contributed by atoms with Crippen molar-refractivity contribution in [3.05, 3.63) is 29.6 Å². The minimum absolute atomic E-state index is 0.000392. The van der Waals surface area contributed by atoms with Gasteiger partial charge < -0.3 is 20.1 Å². The molecule has 3 heterocycles. The van der Waals surface area contributed by atoms with Crippen LogP contribution in [0.4, 0.5) is 11.4 Å². The van der Waals surface area contributed by atoms with Crippen molar-refractivity contribution in [2.24, 2.45) is 13.0 Å². The molecular weight excluding hydrogens is 386 g/mol. The molecule has 1 aromatic heterocycles. The van der Waals surface area contributed by atoms with E-state index >= 15 is 0 Å². The van der Waals surface area contributed by atoms with Crippen molar-refractivity contribution in [1.29, 1.82) is 0 Å². The molecule has 9 heteroatoms. The van der Waals surface area contributed by atoms with Crippen molar-refractivity contribution < 1.29 is 19.1 Å². The number of aryl methyl sites for hydroxylation is 2. The molecule has 2 aromatic rings. The summed E-state index contributed by atoms with van der Waals surface area (Å²) in [5, 5.41) is 10.3. The lowest BCUT2D eigenvalue weighted by molar-refractivity contribution is -0.121. The zero-order valence-corrected chi connectivity index (χ0v) is 17.5. The Bertz CT molecular complexity index is 963. The molecule has 2 aliphatic rings. The van der Waals surface area contributed by atoms with Crippen molar-refractivity contribution >= 4 is 23.2 Å². The molecular formula is C21H27N5O4. The average molecular weight is 413 g/mol. The summed E-state index contributed by atoms with van der Waals surface area (Å²) in [5.41, 5.74) is 3.22. The third-order valence-corrected chi connectivity index (χ3v) is 5.74. The molecule has 1 aromatic carbocycles. The summed E-state index contributed by atoms with van der Waals surface area (Å²) < 4.78 is 12.4. The summed E-state index contributed by atoms with van der Waals surface area (Å²) >= 11 is 0. The Morgan fingerprint density at radius 1 is 1.13 bits per heavy atom. The van der Waals surface area contributed by atoms with Crippen molar-refractivity contribution in [2.45, 2.75) is 26.7 Å². The molecule has 2 N–H and O–H groups in total. The summed E-state index contributed by atoms with van der Waals surface area (Å²) in [4.78, 5) is 27.2. The Morgan fingerprint density at radius 3 is 2.57 bits per heavy atom. The number of fused-ring (bicyclic) bond motifs is 1.